The molecule has 1 amide bonds. The van der Waals surface area contributed by atoms with E-state index in [9.17, 15) is 4.79 Å². The van der Waals surface area contributed by atoms with E-state index in [1.807, 2.05) is 0 Å². The van der Waals surface area contributed by atoms with Gasteiger partial charge < -0.3 is 14.8 Å². The first kappa shape index (κ1) is 26.1. The maximum absolute atomic E-state index is 13.1. The van der Waals surface area contributed by atoms with Crippen molar-refractivity contribution >= 4 is 6.09 Å². The lowest BCUT2D eigenvalue weighted by Gasteiger charge is -2.44. The molecule has 3 heterocycles. The van der Waals surface area contributed by atoms with Crippen LogP contribution in [0.1, 0.15) is 81.2 Å². The summed E-state index contributed by atoms with van der Waals surface area (Å²) in [6.45, 7) is 14.9. The smallest absolute Gasteiger partial charge is 0.407 e. The van der Waals surface area contributed by atoms with Gasteiger partial charge in [0.2, 0.25) is 0 Å². The second-order valence-corrected chi connectivity index (χ2v) is 12.2. The van der Waals surface area contributed by atoms with Crippen molar-refractivity contribution in [2.24, 2.45) is 11.3 Å². The SMILES string of the molecule is CCCCOc1c(C)cc(-c2ccc3c(c2)CCC(C)(C)[C@H]3NC(=O)O[C@@H]2CN3CCC2CC3)cc1C. The molecule has 0 spiro atoms. The number of fused-ring (bicyclic) bond motifs is 4. The Bertz CT molecular complexity index is 1110. The zero-order chi connectivity index (χ0) is 26.2. The second kappa shape index (κ2) is 10.7. The molecule has 5 heteroatoms. The van der Waals surface area contributed by atoms with E-state index in [0.29, 0.717) is 5.92 Å². The fraction of sp³-hybridized carbons (Fsp3) is 0.594. The molecule has 3 fully saturated rings. The number of nitrogens with one attached hydrogen (secondary N) is 1. The van der Waals surface area contributed by atoms with Gasteiger partial charge in [-0.3, -0.25) is 4.90 Å². The van der Waals surface area contributed by atoms with Crippen molar-refractivity contribution < 1.29 is 14.3 Å². The number of alkyl carbamates (subject to hydrolysis) is 1. The summed E-state index contributed by atoms with van der Waals surface area (Å²) < 4.78 is 12.1. The van der Waals surface area contributed by atoms with E-state index < -0.39 is 0 Å². The van der Waals surface area contributed by atoms with E-state index in [2.05, 4.69) is 75.2 Å². The van der Waals surface area contributed by atoms with E-state index in [1.165, 1.54) is 33.4 Å². The first-order chi connectivity index (χ1) is 17.7. The highest BCUT2D eigenvalue weighted by atomic mass is 16.6. The number of benzene rings is 2. The van der Waals surface area contributed by atoms with Crippen LogP contribution in [0.5, 0.6) is 5.75 Å². The quantitative estimate of drug-likeness (QED) is 0.413. The first-order valence-corrected chi connectivity index (χ1v) is 14.3. The van der Waals surface area contributed by atoms with Crippen LogP contribution in [-0.2, 0) is 11.2 Å². The van der Waals surface area contributed by atoms with Crippen LogP contribution in [0, 0.1) is 25.2 Å². The number of nitrogens with zero attached hydrogens (tertiary/aromatic N) is 1. The van der Waals surface area contributed by atoms with Gasteiger partial charge in [0, 0.05) is 6.54 Å². The molecule has 4 aliphatic rings. The average molecular weight is 505 g/mol. The van der Waals surface area contributed by atoms with Gasteiger partial charge >= 0.3 is 6.09 Å². The van der Waals surface area contributed by atoms with Gasteiger partial charge in [-0.1, -0.05) is 45.4 Å². The zero-order valence-corrected chi connectivity index (χ0v) is 23.4. The Morgan fingerprint density at radius 3 is 2.46 bits per heavy atom. The van der Waals surface area contributed by atoms with Gasteiger partial charge in [-0.2, -0.15) is 0 Å². The van der Waals surface area contributed by atoms with Crippen molar-refractivity contribution in [2.45, 2.75) is 85.3 Å². The Morgan fingerprint density at radius 1 is 1.08 bits per heavy atom. The number of amides is 1. The summed E-state index contributed by atoms with van der Waals surface area (Å²) in [6.07, 6.45) is 6.29. The van der Waals surface area contributed by atoms with E-state index in [1.54, 1.807) is 0 Å². The fourth-order valence-electron chi connectivity index (χ4n) is 6.58. The maximum Gasteiger partial charge on any atom is 0.407 e. The summed E-state index contributed by atoms with van der Waals surface area (Å²) in [5.74, 6) is 1.53. The molecular formula is C32H44N2O3. The number of hydrogen-bond donors (Lipinski definition) is 1. The van der Waals surface area contributed by atoms with E-state index >= 15 is 0 Å². The number of aryl methyl sites for hydroxylation is 3. The summed E-state index contributed by atoms with van der Waals surface area (Å²) in [7, 11) is 0. The molecule has 2 bridgehead atoms. The highest BCUT2D eigenvalue weighted by Crippen LogP contribution is 2.45. The Morgan fingerprint density at radius 2 is 1.81 bits per heavy atom. The van der Waals surface area contributed by atoms with Gasteiger partial charge in [0.15, 0.2) is 0 Å². The molecule has 2 aromatic rings. The second-order valence-electron chi connectivity index (χ2n) is 12.2. The molecule has 0 saturated carbocycles. The molecule has 0 radical (unpaired) electrons. The van der Waals surface area contributed by atoms with Crippen LogP contribution in [0.2, 0.25) is 0 Å². The standard InChI is InChI=1S/C32H44N2O3/c1-6-7-16-36-29-21(2)17-26(18-22(29)3)24-8-9-27-25(19-24)10-13-32(4,5)30(27)33-31(35)37-28-20-34-14-11-23(28)12-15-34/h8-9,17-19,23,28,30H,6-7,10-16,20H2,1-5H3,(H,33,35)/t28-,30+/m1/s1. The molecule has 6 rings (SSSR count). The van der Waals surface area contributed by atoms with Gasteiger partial charge in [0.05, 0.1) is 12.6 Å². The third-order valence-electron chi connectivity index (χ3n) is 8.93. The van der Waals surface area contributed by atoms with E-state index in [0.717, 1.165) is 70.5 Å². The van der Waals surface area contributed by atoms with Crippen LogP contribution in [-0.4, -0.2) is 43.3 Å². The highest BCUT2D eigenvalue weighted by Gasteiger charge is 2.40. The molecule has 0 aromatic heterocycles. The molecule has 3 aliphatic heterocycles. The lowest BCUT2D eigenvalue weighted by Crippen LogP contribution is -2.53. The molecular weight excluding hydrogens is 460 g/mol. The van der Waals surface area contributed by atoms with Gasteiger partial charge in [0.25, 0.3) is 0 Å². The predicted octanol–water partition coefficient (Wildman–Crippen LogP) is 6.98. The lowest BCUT2D eigenvalue weighted by molar-refractivity contribution is -0.0353. The third-order valence-corrected chi connectivity index (χ3v) is 8.93. The van der Waals surface area contributed by atoms with Crippen LogP contribution in [0.3, 0.4) is 0 Å². The molecule has 1 aliphatic carbocycles. The first-order valence-electron chi connectivity index (χ1n) is 14.3. The van der Waals surface area contributed by atoms with Crippen LogP contribution in [0.25, 0.3) is 11.1 Å². The average Bonchev–Trinajstić information content (AvgIpc) is 2.88. The fourth-order valence-corrected chi connectivity index (χ4v) is 6.58. The maximum atomic E-state index is 13.1. The van der Waals surface area contributed by atoms with Crippen LogP contribution in [0.15, 0.2) is 30.3 Å². The highest BCUT2D eigenvalue weighted by molar-refractivity contribution is 5.71. The van der Waals surface area contributed by atoms with Gasteiger partial charge in [-0.05, 0) is 116 Å². The van der Waals surface area contributed by atoms with Crippen molar-refractivity contribution in [3.63, 3.8) is 0 Å². The molecule has 0 unspecified atom stereocenters. The number of unbranched alkanes of at least 4 members (excludes halogenated alkanes) is 1. The summed E-state index contributed by atoms with van der Waals surface area (Å²) in [5, 5.41) is 3.29. The molecule has 3 saturated heterocycles. The number of ether oxygens (including phenoxy) is 2. The minimum absolute atomic E-state index is 0.0245. The number of carbonyl (C=O) groups is 1. The number of piperidine rings is 3. The normalized spacial score (nSPS) is 25.9. The van der Waals surface area contributed by atoms with Gasteiger partial charge in [-0.25, -0.2) is 4.79 Å². The van der Waals surface area contributed by atoms with Crippen LogP contribution < -0.4 is 10.1 Å². The summed E-state index contributed by atoms with van der Waals surface area (Å²) in [4.78, 5) is 15.5. The molecule has 2 atom stereocenters. The minimum Gasteiger partial charge on any atom is -0.493 e. The monoisotopic (exact) mass is 504 g/mol. The number of carbonyl (C=O) groups excluding carboxylic acids is 1. The van der Waals surface area contributed by atoms with Gasteiger partial charge in [0.1, 0.15) is 11.9 Å². The number of hydrogen-bond acceptors (Lipinski definition) is 4. The molecule has 200 valence electrons. The largest absolute Gasteiger partial charge is 0.493 e. The Kier molecular flexibility index (Phi) is 7.53. The Balaban J connectivity index is 1.33. The molecule has 2 aromatic carbocycles. The Labute approximate surface area is 222 Å². The molecule has 1 N–H and O–H groups in total. The summed E-state index contributed by atoms with van der Waals surface area (Å²) in [6, 6.07) is 11.2. The Hall–Kier alpha value is -2.53. The van der Waals surface area contributed by atoms with Crippen molar-refractivity contribution in [3.8, 4) is 16.9 Å². The van der Waals surface area contributed by atoms with Crippen molar-refractivity contribution in [1.29, 1.82) is 0 Å². The molecule has 5 nitrogen and oxygen atoms in total. The zero-order valence-electron chi connectivity index (χ0n) is 23.4. The van der Waals surface area contributed by atoms with Crippen LogP contribution >= 0.6 is 0 Å². The van der Waals surface area contributed by atoms with Crippen molar-refractivity contribution in [2.75, 3.05) is 26.2 Å². The van der Waals surface area contributed by atoms with Crippen molar-refractivity contribution in [1.82, 2.24) is 10.2 Å². The number of rotatable bonds is 7. The summed E-state index contributed by atoms with van der Waals surface area (Å²) >= 11 is 0. The van der Waals surface area contributed by atoms with Crippen LogP contribution in [0.4, 0.5) is 4.79 Å². The van der Waals surface area contributed by atoms with Gasteiger partial charge in [-0.15, -0.1) is 0 Å². The third kappa shape index (κ3) is 5.52. The van der Waals surface area contributed by atoms with Crippen molar-refractivity contribution in [3.05, 3.63) is 52.6 Å². The topological polar surface area (TPSA) is 50.8 Å². The lowest BCUT2D eigenvalue weighted by atomic mass is 9.70. The minimum atomic E-state index is -0.265. The van der Waals surface area contributed by atoms with E-state index in [-0.39, 0.29) is 23.7 Å². The predicted molar refractivity (Wildman–Crippen MR) is 149 cm³/mol. The van der Waals surface area contributed by atoms with E-state index in [4.69, 9.17) is 9.47 Å². The summed E-state index contributed by atoms with van der Waals surface area (Å²) in [5.41, 5.74) is 7.31. The molecule has 37 heavy (non-hydrogen) atoms.